The average molecular weight is 431 g/mol. The molecule has 1 aliphatic heterocycles. The Balaban J connectivity index is 1.56. The first-order valence-electron chi connectivity index (χ1n) is 9.53. The van der Waals surface area contributed by atoms with Crippen molar-refractivity contribution in [3.05, 3.63) is 47.4 Å². The second kappa shape index (κ2) is 6.43. The van der Waals surface area contributed by atoms with Gasteiger partial charge in [0.1, 0.15) is 6.04 Å². The van der Waals surface area contributed by atoms with Crippen LogP contribution >= 0.6 is 0 Å². The number of imidazole rings is 1. The Kier molecular flexibility index (Phi) is 4.01. The number of nitrogens with zero attached hydrogens (tertiary/aromatic N) is 4. The smallest absolute Gasteiger partial charge is 0.434 e. The van der Waals surface area contributed by atoms with Crippen LogP contribution in [0.1, 0.15) is 34.5 Å². The van der Waals surface area contributed by atoms with Gasteiger partial charge in [0, 0.05) is 23.9 Å². The van der Waals surface area contributed by atoms with Gasteiger partial charge < -0.3 is 15.7 Å². The summed E-state index contributed by atoms with van der Waals surface area (Å²) in [6, 6.07) is 3.96. The summed E-state index contributed by atoms with van der Waals surface area (Å²) >= 11 is 0. The fourth-order valence-electron chi connectivity index (χ4n) is 4.09. The molecule has 1 saturated carbocycles. The molecule has 31 heavy (non-hydrogen) atoms. The molecule has 0 bridgehead atoms. The van der Waals surface area contributed by atoms with E-state index in [-0.39, 0.29) is 29.8 Å². The lowest BCUT2D eigenvalue weighted by Crippen LogP contribution is -2.42. The SMILES string of the molecule is Nc1nc(C(F)(F)F)cn2c(-c3ccc4c(c3)CN(C(C(=O)O)C3CC3)C4=O)cnc12. The van der Waals surface area contributed by atoms with Gasteiger partial charge >= 0.3 is 12.1 Å². The minimum atomic E-state index is -4.68. The van der Waals surface area contributed by atoms with Crippen LogP contribution < -0.4 is 5.73 Å². The van der Waals surface area contributed by atoms with Crippen LogP contribution in [0.5, 0.6) is 0 Å². The van der Waals surface area contributed by atoms with Crippen molar-refractivity contribution in [2.45, 2.75) is 31.6 Å². The van der Waals surface area contributed by atoms with Gasteiger partial charge in [0.2, 0.25) is 0 Å². The van der Waals surface area contributed by atoms with Gasteiger partial charge in [-0.2, -0.15) is 13.2 Å². The Morgan fingerprint density at radius 1 is 1.29 bits per heavy atom. The first-order chi connectivity index (χ1) is 14.6. The normalized spacial score (nSPS) is 17.3. The number of nitrogens with two attached hydrogens (primary N) is 1. The van der Waals surface area contributed by atoms with E-state index in [4.69, 9.17) is 5.73 Å². The average Bonchev–Trinajstić information content (AvgIpc) is 3.34. The van der Waals surface area contributed by atoms with Gasteiger partial charge in [0.05, 0.1) is 11.9 Å². The van der Waals surface area contributed by atoms with Crippen LogP contribution in [0.15, 0.2) is 30.6 Å². The number of carbonyl (C=O) groups excluding carboxylic acids is 1. The number of carboxylic acids is 1. The zero-order valence-electron chi connectivity index (χ0n) is 15.9. The number of anilines is 1. The molecule has 1 amide bonds. The number of alkyl halides is 3. The lowest BCUT2D eigenvalue weighted by Gasteiger charge is -2.23. The predicted molar refractivity (Wildman–Crippen MR) is 102 cm³/mol. The molecule has 1 aromatic carbocycles. The molecule has 2 aliphatic rings. The van der Waals surface area contributed by atoms with Crippen molar-refractivity contribution in [3.8, 4) is 11.3 Å². The highest BCUT2D eigenvalue weighted by Gasteiger charge is 2.45. The number of benzene rings is 1. The monoisotopic (exact) mass is 431 g/mol. The fourth-order valence-corrected chi connectivity index (χ4v) is 4.09. The zero-order chi connectivity index (χ0) is 22.1. The molecule has 1 atom stereocenters. The van der Waals surface area contributed by atoms with Crippen molar-refractivity contribution in [2.75, 3.05) is 5.73 Å². The Hall–Kier alpha value is -3.63. The van der Waals surface area contributed by atoms with E-state index in [0.29, 0.717) is 22.4 Å². The maximum atomic E-state index is 13.2. The summed E-state index contributed by atoms with van der Waals surface area (Å²) < 4.78 is 40.7. The van der Waals surface area contributed by atoms with E-state index in [1.165, 1.54) is 15.5 Å². The van der Waals surface area contributed by atoms with Crippen molar-refractivity contribution in [2.24, 2.45) is 5.92 Å². The van der Waals surface area contributed by atoms with Crippen molar-refractivity contribution in [1.82, 2.24) is 19.3 Å². The van der Waals surface area contributed by atoms with Crippen molar-refractivity contribution >= 4 is 23.3 Å². The lowest BCUT2D eigenvalue weighted by atomic mass is 10.0. The van der Waals surface area contributed by atoms with E-state index in [9.17, 15) is 27.9 Å². The third-order valence-corrected chi connectivity index (χ3v) is 5.70. The molecular formula is C20H16F3N5O3. The lowest BCUT2D eigenvalue weighted by molar-refractivity contribution is -0.143. The number of halogens is 3. The highest BCUT2D eigenvalue weighted by Crippen LogP contribution is 2.39. The summed E-state index contributed by atoms with van der Waals surface area (Å²) in [5, 5.41) is 9.57. The van der Waals surface area contributed by atoms with Gasteiger partial charge in [0.15, 0.2) is 17.2 Å². The molecule has 160 valence electrons. The van der Waals surface area contributed by atoms with Crippen LogP contribution in [0.3, 0.4) is 0 Å². The van der Waals surface area contributed by atoms with Gasteiger partial charge in [-0.1, -0.05) is 6.07 Å². The number of fused-ring (bicyclic) bond motifs is 2. The van der Waals surface area contributed by atoms with Crippen molar-refractivity contribution in [1.29, 1.82) is 0 Å². The molecular weight excluding hydrogens is 415 g/mol. The first-order valence-corrected chi connectivity index (χ1v) is 9.53. The van der Waals surface area contributed by atoms with Crippen LogP contribution in [-0.2, 0) is 17.5 Å². The molecule has 1 aliphatic carbocycles. The minimum Gasteiger partial charge on any atom is -0.480 e. The van der Waals surface area contributed by atoms with E-state index >= 15 is 0 Å². The molecule has 5 rings (SSSR count). The van der Waals surface area contributed by atoms with E-state index in [1.807, 2.05) is 0 Å². The van der Waals surface area contributed by atoms with Crippen LogP contribution in [0.25, 0.3) is 16.9 Å². The van der Waals surface area contributed by atoms with E-state index in [2.05, 4.69) is 9.97 Å². The van der Waals surface area contributed by atoms with Crippen LogP contribution in [-0.4, -0.2) is 42.3 Å². The predicted octanol–water partition coefficient (Wildman–Crippen LogP) is 2.82. The molecule has 11 heteroatoms. The minimum absolute atomic E-state index is 0.0507. The first kappa shape index (κ1) is 19.3. The number of carbonyl (C=O) groups is 2. The molecule has 0 radical (unpaired) electrons. The maximum Gasteiger partial charge on any atom is 0.434 e. The van der Waals surface area contributed by atoms with Gasteiger partial charge in [0.25, 0.3) is 5.91 Å². The summed E-state index contributed by atoms with van der Waals surface area (Å²) in [5.74, 6) is -1.79. The Morgan fingerprint density at radius 3 is 2.68 bits per heavy atom. The highest BCUT2D eigenvalue weighted by atomic mass is 19.4. The molecule has 2 aromatic heterocycles. The summed E-state index contributed by atoms with van der Waals surface area (Å²) in [6.07, 6.45) is -0.939. The molecule has 1 unspecified atom stereocenters. The number of hydrogen-bond acceptors (Lipinski definition) is 5. The summed E-state index contributed by atoms with van der Waals surface area (Å²) in [6.45, 7) is 0.129. The molecule has 3 N–H and O–H groups in total. The summed E-state index contributed by atoms with van der Waals surface area (Å²) in [5.41, 5.74) is 6.48. The second-order valence-electron chi connectivity index (χ2n) is 7.77. The van der Waals surface area contributed by atoms with Crippen molar-refractivity contribution in [3.63, 3.8) is 0 Å². The third kappa shape index (κ3) is 3.07. The Labute approximate surface area is 173 Å². The second-order valence-corrected chi connectivity index (χ2v) is 7.77. The van der Waals surface area contributed by atoms with Gasteiger partial charge in [-0.15, -0.1) is 0 Å². The van der Waals surface area contributed by atoms with E-state index < -0.39 is 23.9 Å². The molecule has 8 nitrogen and oxygen atoms in total. The van der Waals surface area contributed by atoms with Gasteiger partial charge in [-0.05, 0) is 36.5 Å². The van der Waals surface area contributed by atoms with E-state index in [0.717, 1.165) is 19.0 Å². The Morgan fingerprint density at radius 2 is 2.03 bits per heavy atom. The third-order valence-electron chi connectivity index (χ3n) is 5.70. The zero-order valence-corrected chi connectivity index (χ0v) is 15.9. The van der Waals surface area contributed by atoms with Crippen molar-refractivity contribution < 1.29 is 27.9 Å². The van der Waals surface area contributed by atoms with Gasteiger partial charge in [-0.25, -0.2) is 14.8 Å². The largest absolute Gasteiger partial charge is 0.480 e. The Bertz CT molecular complexity index is 1250. The quantitative estimate of drug-likeness (QED) is 0.657. The number of carboxylic acid groups (broad SMARTS) is 1. The number of nitrogen functional groups attached to an aromatic ring is 1. The number of aliphatic carboxylic acids is 1. The van der Waals surface area contributed by atoms with Crippen LogP contribution in [0.4, 0.5) is 19.0 Å². The number of rotatable bonds is 4. The number of amides is 1. The van der Waals surface area contributed by atoms with Crippen LogP contribution in [0, 0.1) is 5.92 Å². The van der Waals surface area contributed by atoms with E-state index in [1.54, 1.807) is 18.2 Å². The fraction of sp³-hybridized carbons (Fsp3) is 0.300. The molecule has 3 heterocycles. The number of aromatic nitrogens is 3. The van der Waals surface area contributed by atoms with Crippen LogP contribution in [0.2, 0.25) is 0 Å². The molecule has 1 fully saturated rings. The molecule has 3 aromatic rings. The number of hydrogen-bond donors (Lipinski definition) is 2. The molecule has 0 saturated heterocycles. The maximum absolute atomic E-state index is 13.2. The highest BCUT2D eigenvalue weighted by molar-refractivity contribution is 6.01. The topological polar surface area (TPSA) is 114 Å². The summed E-state index contributed by atoms with van der Waals surface area (Å²) in [4.78, 5) is 33.3. The molecule has 0 spiro atoms. The standard InChI is InChI=1S/C20H16F3N5O3/c21-20(22,23)14-8-27-13(6-25-17(27)16(24)26-14)10-3-4-12-11(5-10)7-28(18(12)29)15(19(30)31)9-1-2-9/h3-6,8-9,15H,1-2,7H2,(H2,24,26)(H,30,31). The summed E-state index contributed by atoms with van der Waals surface area (Å²) in [7, 11) is 0. The van der Waals surface area contributed by atoms with Gasteiger partial charge in [-0.3, -0.25) is 9.20 Å².